The lowest BCUT2D eigenvalue weighted by molar-refractivity contribution is -0.137. The van der Waals surface area contributed by atoms with E-state index < -0.39 is 73.7 Å². The number of alkyl halides is 3. The van der Waals surface area contributed by atoms with E-state index in [1.54, 1.807) is 18.2 Å². The number of halogens is 6. The molecule has 0 unspecified atom stereocenters. The highest BCUT2D eigenvalue weighted by atomic mass is 19.4. The number of nitrogens with zero attached hydrogens (tertiary/aromatic N) is 6. The molecule has 12 heteroatoms. The van der Waals surface area contributed by atoms with Gasteiger partial charge in [0.25, 0.3) is 0 Å². The summed E-state index contributed by atoms with van der Waals surface area (Å²) in [6, 6.07) is 15.7. The summed E-state index contributed by atoms with van der Waals surface area (Å²) in [5.74, 6) is -5.30. The molecule has 2 aliphatic rings. The van der Waals surface area contributed by atoms with Crippen molar-refractivity contribution in [2.24, 2.45) is 0 Å². The minimum atomic E-state index is -4.77. The third kappa shape index (κ3) is 3.84. The summed E-state index contributed by atoms with van der Waals surface area (Å²) in [6.07, 6.45) is -4.77. The number of allylic oxidation sites excluding steroid dienone is 5. The Labute approximate surface area is 238 Å². The maximum Gasteiger partial charge on any atom is 0.416 e. The minimum Gasteiger partial charge on any atom is -0.205 e. The molecule has 43 heavy (non-hydrogen) atoms. The van der Waals surface area contributed by atoms with Gasteiger partial charge in [-0.3, -0.25) is 0 Å². The maximum atomic E-state index is 15.5. The number of fused-ring (bicyclic) bond motifs is 4. The summed E-state index contributed by atoms with van der Waals surface area (Å²) < 4.78 is 86.0. The van der Waals surface area contributed by atoms with Crippen molar-refractivity contribution in [3.8, 4) is 47.5 Å². The molecule has 202 valence electrons. The average Bonchev–Trinajstić information content (AvgIpc) is 3.50. The minimum absolute atomic E-state index is 0.0327. The van der Waals surface area contributed by atoms with Gasteiger partial charge in [0.15, 0.2) is 17.5 Å². The van der Waals surface area contributed by atoms with Crippen molar-refractivity contribution < 1.29 is 26.3 Å². The first-order valence-corrected chi connectivity index (χ1v) is 11.7. The van der Waals surface area contributed by atoms with Crippen LogP contribution in [0, 0.1) is 85.4 Å². The molecule has 0 bridgehead atoms. The van der Waals surface area contributed by atoms with Crippen LogP contribution in [0.25, 0.3) is 33.4 Å². The summed E-state index contributed by atoms with van der Waals surface area (Å²) in [5.41, 5.74) is -7.23. The normalized spacial score (nSPS) is 12.6. The van der Waals surface area contributed by atoms with Crippen LogP contribution in [0.2, 0.25) is 0 Å². The van der Waals surface area contributed by atoms with E-state index in [2.05, 4.69) is 0 Å². The van der Waals surface area contributed by atoms with Gasteiger partial charge >= 0.3 is 6.18 Å². The highest BCUT2D eigenvalue weighted by Crippen LogP contribution is 2.53. The first-order valence-electron chi connectivity index (χ1n) is 11.7. The molecule has 3 aromatic rings. The zero-order valence-electron chi connectivity index (χ0n) is 20.9. The third-order valence-corrected chi connectivity index (χ3v) is 6.98. The highest BCUT2D eigenvalue weighted by Gasteiger charge is 2.40. The van der Waals surface area contributed by atoms with Crippen LogP contribution in [0.3, 0.4) is 0 Å². The predicted molar refractivity (Wildman–Crippen MR) is 136 cm³/mol. The van der Waals surface area contributed by atoms with E-state index in [0.717, 1.165) is 18.2 Å². The van der Waals surface area contributed by atoms with Gasteiger partial charge in [-0.05, 0) is 46.0 Å². The molecule has 3 aromatic carbocycles. The molecule has 0 saturated carbocycles. The van der Waals surface area contributed by atoms with E-state index in [0.29, 0.717) is 0 Å². The largest absolute Gasteiger partial charge is 0.416 e. The van der Waals surface area contributed by atoms with Gasteiger partial charge in [0.05, 0.1) is 11.1 Å². The van der Waals surface area contributed by atoms with Crippen LogP contribution < -0.4 is 0 Å². The predicted octanol–water partition coefficient (Wildman–Crippen LogP) is 7.07. The van der Waals surface area contributed by atoms with Gasteiger partial charge in [-0.1, -0.05) is 18.2 Å². The summed E-state index contributed by atoms with van der Waals surface area (Å²) in [6.45, 7) is 0. The molecule has 0 aromatic heterocycles. The number of nitriles is 6. The van der Waals surface area contributed by atoms with E-state index in [-0.39, 0.29) is 33.4 Å². The number of benzene rings is 3. The monoisotopic (exact) mass is 576 g/mol. The van der Waals surface area contributed by atoms with Crippen LogP contribution in [0.15, 0.2) is 47.5 Å². The summed E-state index contributed by atoms with van der Waals surface area (Å²) >= 11 is 0. The topological polar surface area (TPSA) is 143 Å². The molecule has 0 heterocycles. The molecule has 0 saturated heterocycles. The fourth-order valence-electron chi connectivity index (χ4n) is 5.25. The lowest BCUT2D eigenvalue weighted by Gasteiger charge is -2.12. The van der Waals surface area contributed by atoms with Gasteiger partial charge in [0.2, 0.25) is 0 Å². The SMILES string of the molecule is N#CC(C#N)=C1c2cc(C3=C(C#N)c4c(F)c(F)c(C#N)c(F)c4C3=C(C#N)C#N)ccc2-c2ccc(C(F)(F)F)cc21. The van der Waals surface area contributed by atoms with Crippen LogP contribution in [-0.2, 0) is 6.18 Å². The van der Waals surface area contributed by atoms with Gasteiger partial charge in [-0.15, -0.1) is 0 Å². The summed E-state index contributed by atoms with van der Waals surface area (Å²) in [4.78, 5) is 0. The van der Waals surface area contributed by atoms with E-state index >= 15 is 8.78 Å². The van der Waals surface area contributed by atoms with Crippen LogP contribution in [0.5, 0.6) is 0 Å². The van der Waals surface area contributed by atoms with Crippen LogP contribution in [-0.4, -0.2) is 0 Å². The molecule has 5 rings (SSSR count). The first-order chi connectivity index (χ1) is 20.5. The fourth-order valence-corrected chi connectivity index (χ4v) is 5.25. The van der Waals surface area contributed by atoms with Gasteiger partial charge in [-0.2, -0.15) is 44.7 Å². The van der Waals surface area contributed by atoms with Crippen LogP contribution in [0.1, 0.15) is 38.9 Å². The lowest BCUT2D eigenvalue weighted by atomic mass is 9.89. The van der Waals surface area contributed by atoms with E-state index in [1.807, 2.05) is 0 Å². The number of hydrogen-bond acceptors (Lipinski definition) is 6. The Hall–Kier alpha value is -6.60. The molecule has 0 N–H and O–H groups in total. The summed E-state index contributed by atoms with van der Waals surface area (Å²) in [7, 11) is 0. The van der Waals surface area contributed by atoms with Gasteiger partial charge in [0.1, 0.15) is 53.1 Å². The molecule has 6 nitrogen and oxygen atoms in total. The number of hydrogen-bond donors (Lipinski definition) is 0. The van der Waals surface area contributed by atoms with Crippen molar-refractivity contribution in [3.63, 3.8) is 0 Å². The Morgan fingerprint density at radius 3 is 1.67 bits per heavy atom. The van der Waals surface area contributed by atoms with E-state index in [9.17, 15) is 49.1 Å². The van der Waals surface area contributed by atoms with Crippen molar-refractivity contribution in [1.29, 1.82) is 31.6 Å². The second kappa shape index (κ2) is 9.79. The van der Waals surface area contributed by atoms with Crippen molar-refractivity contribution in [2.45, 2.75) is 6.18 Å². The second-order valence-corrected chi connectivity index (χ2v) is 9.01. The average molecular weight is 576 g/mol. The third-order valence-electron chi connectivity index (χ3n) is 6.98. The van der Waals surface area contributed by atoms with E-state index in [1.165, 1.54) is 36.4 Å². The molecule has 0 atom stereocenters. The zero-order valence-corrected chi connectivity index (χ0v) is 20.9. The zero-order chi connectivity index (χ0) is 31.4. The van der Waals surface area contributed by atoms with Gasteiger partial charge in [-0.25, -0.2) is 13.2 Å². The Balaban J connectivity index is 1.90. The van der Waals surface area contributed by atoms with Crippen molar-refractivity contribution in [3.05, 3.63) is 104 Å². The molecule has 0 fully saturated rings. The Morgan fingerprint density at radius 1 is 0.581 bits per heavy atom. The van der Waals surface area contributed by atoms with Gasteiger partial charge < -0.3 is 0 Å². The molecule has 2 aliphatic carbocycles. The van der Waals surface area contributed by atoms with Crippen molar-refractivity contribution in [2.75, 3.05) is 0 Å². The molecule has 0 radical (unpaired) electrons. The Morgan fingerprint density at radius 2 is 1.14 bits per heavy atom. The first kappa shape index (κ1) is 27.9. The van der Waals surface area contributed by atoms with Gasteiger partial charge in [0, 0.05) is 27.8 Å². The molecular weight excluding hydrogens is 570 g/mol. The summed E-state index contributed by atoms with van der Waals surface area (Å²) in [5, 5.41) is 57.8. The molecular formula is C31H6F6N6. The lowest BCUT2D eigenvalue weighted by Crippen LogP contribution is -2.05. The molecule has 0 amide bonds. The standard InChI is InChI=1S/C31H6F6N6/c32-28-22(12-43)29(33)30(34)26-21(11-42)24(25(27(26)28)15(9-40)10-41)13-1-3-17-18-4-2-16(31(35,36)37)6-20(18)23(19(17)5-13)14(7-38)8-39/h1-6H. The smallest absolute Gasteiger partial charge is 0.205 e. The van der Waals surface area contributed by atoms with Crippen molar-refractivity contribution in [1.82, 2.24) is 0 Å². The van der Waals surface area contributed by atoms with Crippen LogP contribution in [0.4, 0.5) is 26.3 Å². The molecule has 0 aliphatic heterocycles. The second-order valence-electron chi connectivity index (χ2n) is 9.01. The number of rotatable bonds is 1. The highest BCUT2D eigenvalue weighted by molar-refractivity contribution is 6.26. The fraction of sp³-hybridized carbons (Fsp3) is 0.0323. The Bertz CT molecular complexity index is 2180. The van der Waals surface area contributed by atoms with Crippen LogP contribution >= 0.6 is 0 Å². The Kier molecular flexibility index (Phi) is 6.37. The molecule has 0 spiro atoms. The maximum absolute atomic E-state index is 15.5. The van der Waals surface area contributed by atoms with E-state index in [4.69, 9.17) is 0 Å². The van der Waals surface area contributed by atoms with Crippen molar-refractivity contribution >= 4 is 22.3 Å². The quantitative estimate of drug-likeness (QED) is 0.135.